The number of fused-ring (bicyclic) bond motifs is 1. The predicted molar refractivity (Wildman–Crippen MR) is 113 cm³/mol. The van der Waals surface area contributed by atoms with Crippen molar-refractivity contribution in [1.82, 2.24) is 9.88 Å². The van der Waals surface area contributed by atoms with Gasteiger partial charge in [-0.05, 0) is 57.2 Å². The molecule has 0 fully saturated rings. The number of hydrogen-bond acceptors (Lipinski definition) is 1. The lowest BCUT2D eigenvalue weighted by atomic mass is 10.1. The van der Waals surface area contributed by atoms with Gasteiger partial charge in [0.2, 0.25) is 0 Å². The molecule has 1 aromatic heterocycles. The first kappa shape index (κ1) is 17.4. The van der Waals surface area contributed by atoms with E-state index in [-0.39, 0.29) is 6.03 Å². The van der Waals surface area contributed by atoms with Crippen molar-refractivity contribution >= 4 is 66.3 Å². The lowest BCUT2D eigenvalue weighted by Gasteiger charge is -2.20. The minimum Gasteiger partial charge on any atom is -0.361 e. The van der Waals surface area contributed by atoms with Crippen LogP contribution in [0.15, 0.2) is 42.6 Å². The Hall–Kier alpha value is -1.46. The number of hydrogen-bond donors (Lipinski definition) is 2. The lowest BCUT2D eigenvalue weighted by molar-refractivity contribution is 0.221. The first-order valence-electron chi connectivity index (χ1n) is 7.46. The molecule has 0 saturated heterocycles. The van der Waals surface area contributed by atoms with Crippen molar-refractivity contribution in [3.05, 3.63) is 48.2 Å². The molecule has 0 aliphatic rings. The second-order valence-corrected chi connectivity index (χ2v) is 7.67. The van der Waals surface area contributed by atoms with Gasteiger partial charge < -0.3 is 15.2 Å². The summed E-state index contributed by atoms with van der Waals surface area (Å²) in [6.45, 7) is 0.549. The number of benzene rings is 2. The summed E-state index contributed by atoms with van der Waals surface area (Å²) in [6, 6.07) is 12.1. The van der Waals surface area contributed by atoms with Crippen molar-refractivity contribution in [2.75, 3.05) is 12.4 Å². The molecule has 2 N–H and O–H groups in total. The lowest BCUT2D eigenvalue weighted by Crippen LogP contribution is -2.34. The van der Waals surface area contributed by atoms with Gasteiger partial charge in [0.25, 0.3) is 0 Å². The maximum atomic E-state index is 12.5. The molecule has 3 unspecified atom stereocenters. The van der Waals surface area contributed by atoms with E-state index in [1.54, 1.807) is 11.9 Å². The van der Waals surface area contributed by atoms with E-state index in [2.05, 4.69) is 44.1 Å². The van der Waals surface area contributed by atoms with E-state index in [1.807, 2.05) is 36.5 Å². The average Bonchev–Trinajstić information content (AvgIpc) is 2.98. The van der Waals surface area contributed by atoms with Crippen LogP contribution in [0.4, 0.5) is 10.5 Å². The fraction of sp³-hybridized carbons (Fsp3) is 0.118. The van der Waals surface area contributed by atoms with Gasteiger partial charge in [0.15, 0.2) is 0 Å². The van der Waals surface area contributed by atoms with Crippen LogP contribution in [0.2, 0.25) is 0 Å². The van der Waals surface area contributed by atoms with Crippen LogP contribution in [0, 0.1) is 0 Å². The van der Waals surface area contributed by atoms with Crippen LogP contribution >= 0.6 is 27.7 Å². The molecule has 3 rings (SSSR count). The molecule has 0 radical (unpaired) electrons. The van der Waals surface area contributed by atoms with E-state index < -0.39 is 0 Å². The standard InChI is InChI=1S/C17H20N3OP3/c1-20(9-10-2-3-13-11(6-10)4-5-18-13)17(21)19-16-14(23)7-12(22)8-15(16)24/h2-8,18H,9,22-24H2,1H3,(H,19,21). The van der Waals surface area contributed by atoms with Gasteiger partial charge in [-0.3, -0.25) is 0 Å². The van der Waals surface area contributed by atoms with Crippen molar-refractivity contribution in [2.45, 2.75) is 6.54 Å². The summed E-state index contributed by atoms with van der Waals surface area (Å²) < 4.78 is 0. The Bertz CT molecular complexity index is 884. The number of carbonyl (C=O) groups excluding carboxylic acids is 1. The average molecular weight is 375 g/mol. The number of anilines is 1. The zero-order valence-electron chi connectivity index (χ0n) is 13.3. The second kappa shape index (κ2) is 7.19. The number of nitrogens with one attached hydrogen (secondary N) is 2. The van der Waals surface area contributed by atoms with Gasteiger partial charge in [0.05, 0.1) is 5.69 Å². The van der Waals surface area contributed by atoms with Crippen LogP contribution in [-0.4, -0.2) is 23.0 Å². The molecule has 7 heteroatoms. The molecule has 124 valence electrons. The largest absolute Gasteiger partial charge is 0.361 e. The number of aromatic nitrogens is 1. The third kappa shape index (κ3) is 3.78. The van der Waals surface area contributed by atoms with Gasteiger partial charge in [-0.1, -0.05) is 6.07 Å². The number of H-pyrrole nitrogens is 1. The van der Waals surface area contributed by atoms with Gasteiger partial charge in [0.1, 0.15) is 0 Å². The van der Waals surface area contributed by atoms with Crippen molar-refractivity contribution in [1.29, 1.82) is 0 Å². The van der Waals surface area contributed by atoms with Gasteiger partial charge in [0, 0.05) is 25.3 Å². The molecular weight excluding hydrogens is 355 g/mol. The molecule has 2 amide bonds. The van der Waals surface area contributed by atoms with Crippen molar-refractivity contribution in [2.24, 2.45) is 0 Å². The van der Waals surface area contributed by atoms with E-state index in [0.29, 0.717) is 6.54 Å². The molecule has 2 aromatic carbocycles. The monoisotopic (exact) mass is 375 g/mol. The highest BCUT2D eigenvalue weighted by atomic mass is 31.0. The van der Waals surface area contributed by atoms with E-state index in [1.165, 1.54) is 0 Å². The fourth-order valence-corrected chi connectivity index (χ4v) is 4.38. The SMILES string of the molecule is CN(Cc1ccc2[nH]ccc2c1)C(=O)Nc1c(P)cc(P)cc1P. The molecule has 0 saturated carbocycles. The smallest absolute Gasteiger partial charge is 0.321 e. The summed E-state index contributed by atoms with van der Waals surface area (Å²) in [4.78, 5) is 17.4. The Morgan fingerprint density at radius 2 is 1.83 bits per heavy atom. The molecule has 3 atom stereocenters. The topological polar surface area (TPSA) is 48.1 Å². The Labute approximate surface area is 148 Å². The van der Waals surface area contributed by atoms with Crippen LogP contribution in [0.1, 0.15) is 5.56 Å². The Morgan fingerprint density at radius 1 is 1.12 bits per heavy atom. The highest BCUT2D eigenvalue weighted by Gasteiger charge is 2.13. The van der Waals surface area contributed by atoms with E-state index in [0.717, 1.165) is 38.1 Å². The number of aromatic amines is 1. The number of nitrogens with zero attached hydrogens (tertiary/aromatic N) is 1. The summed E-state index contributed by atoms with van der Waals surface area (Å²) in [6.07, 6.45) is 1.92. The van der Waals surface area contributed by atoms with E-state index in [4.69, 9.17) is 0 Å². The van der Waals surface area contributed by atoms with Crippen LogP contribution in [0.25, 0.3) is 10.9 Å². The molecule has 0 aliphatic carbocycles. The van der Waals surface area contributed by atoms with Crippen molar-refractivity contribution in [3.8, 4) is 0 Å². The maximum absolute atomic E-state index is 12.5. The molecule has 0 spiro atoms. The van der Waals surface area contributed by atoms with Crippen molar-refractivity contribution < 1.29 is 4.79 Å². The molecule has 0 aliphatic heterocycles. The number of carbonyl (C=O) groups is 1. The van der Waals surface area contributed by atoms with Gasteiger partial charge in [-0.25, -0.2) is 4.79 Å². The Balaban J connectivity index is 1.73. The van der Waals surface area contributed by atoms with Crippen LogP contribution < -0.4 is 21.2 Å². The first-order valence-corrected chi connectivity index (χ1v) is 9.20. The second-order valence-electron chi connectivity index (χ2n) is 5.76. The quantitative estimate of drug-likeness (QED) is 0.679. The van der Waals surface area contributed by atoms with Crippen molar-refractivity contribution in [3.63, 3.8) is 0 Å². The summed E-state index contributed by atoms with van der Waals surface area (Å²) in [5.41, 5.74) is 3.01. The Morgan fingerprint density at radius 3 is 2.54 bits per heavy atom. The zero-order chi connectivity index (χ0) is 17.3. The Kier molecular flexibility index (Phi) is 5.21. The molecule has 3 aromatic rings. The first-order chi connectivity index (χ1) is 11.4. The molecular formula is C17H20N3OP3. The third-order valence-corrected chi connectivity index (χ3v) is 5.08. The molecule has 0 bridgehead atoms. The van der Waals surface area contributed by atoms with Crippen LogP contribution in [-0.2, 0) is 6.54 Å². The van der Waals surface area contributed by atoms with Crippen LogP contribution in [0.5, 0.6) is 0 Å². The van der Waals surface area contributed by atoms with E-state index >= 15 is 0 Å². The normalized spacial score (nSPS) is 10.8. The summed E-state index contributed by atoms with van der Waals surface area (Å²) in [5.74, 6) is 0. The van der Waals surface area contributed by atoms with E-state index in [9.17, 15) is 4.79 Å². The number of amides is 2. The molecule has 24 heavy (non-hydrogen) atoms. The van der Waals surface area contributed by atoms with Crippen LogP contribution in [0.3, 0.4) is 0 Å². The predicted octanol–water partition coefficient (Wildman–Crippen LogP) is 2.33. The number of rotatable bonds is 3. The minimum absolute atomic E-state index is 0.131. The molecule has 4 nitrogen and oxygen atoms in total. The summed E-state index contributed by atoms with van der Waals surface area (Å²) >= 11 is 0. The maximum Gasteiger partial charge on any atom is 0.321 e. The van der Waals surface area contributed by atoms with Gasteiger partial charge >= 0.3 is 6.03 Å². The fourth-order valence-electron chi connectivity index (χ4n) is 2.61. The van der Waals surface area contributed by atoms with Gasteiger partial charge in [-0.15, -0.1) is 27.7 Å². The highest BCUT2D eigenvalue weighted by molar-refractivity contribution is 7.32. The van der Waals surface area contributed by atoms with Gasteiger partial charge in [-0.2, -0.15) is 0 Å². The number of urea groups is 1. The summed E-state index contributed by atoms with van der Waals surface area (Å²) in [7, 11) is 9.79. The third-order valence-electron chi connectivity index (χ3n) is 3.84. The summed E-state index contributed by atoms with van der Waals surface area (Å²) in [5, 5.41) is 7.14. The zero-order valence-corrected chi connectivity index (χ0v) is 16.8. The molecule has 1 heterocycles. The minimum atomic E-state index is -0.131. The highest BCUT2D eigenvalue weighted by Crippen LogP contribution is 2.16.